The van der Waals surface area contributed by atoms with Gasteiger partial charge in [-0.25, -0.2) is 4.79 Å². The molecule has 0 aliphatic heterocycles. The number of aromatic nitrogens is 1. The van der Waals surface area contributed by atoms with Gasteiger partial charge in [0.15, 0.2) is 6.61 Å². The molecule has 1 aliphatic rings. The average Bonchev–Trinajstić information content (AvgIpc) is 2.62. The van der Waals surface area contributed by atoms with Crippen molar-refractivity contribution in [3.63, 3.8) is 0 Å². The predicted molar refractivity (Wildman–Crippen MR) is 96.4 cm³/mol. The first-order chi connectivity index (χ1) is 12.1. The Labute approximate surface area is 147 Å². The van der Waals surface area contributed by atoms with Crippen LogP contribution in [-0.4, -0.2) is 30.0 Å². The molecule has 1 aromatic carbocycles. The monoisotopic (exact) mass is 338 g/mol. The number of carbonyl (C=O) groups excluding carboxylic acids is 2. The molecule has 3 rings (SSSR count). The number of esters is 1. The number of aryl methyl sites for hydroxylation is 1. The molecule has 2 aromatic rings. The molecule has 1 atom stereocenters. The molecule has 1 amide bonds. The molecule has 0 saturated heterocycles. The van der Waals surface area contributed by atoms with E-state index in [1.807, 2.05) is 24.3 Å². The molecular weight excluding hydrogens is 316 g/mol. The summed E-state index contributed by atoms with van der Waals surface area (Å²) in [4.78, 5) is 29.2. The summed E-state index contributed by atoms with van der Waals surface area (Å²) < 4.78 is 5.28. The fourth-order valence-corrected chi connectivity index (χ4v) is 3.24. The summed E-state index contributed by atoms with van der Waals surface area (Å²) in [7, 11) is 0. The molecule has 0 saturated carbocycles. The van der Waals surface area contributed by atoms with Crippen molar-refractivity contribution in [2.24, 2.45) is 5.92 Å². The van der Waals surface area contributed by atoms with Crippen molar-refractivity contribution in [2.75, 3.05) is 13.2 Å². The maximum absolute atomic E-state index is 12.8. The number of ether oxygens (including phenoxy) is 1. The highest BCUT2D eigenvalue weighted by atomic mass is 16.5. The fraction of sp³-hybridized carbons (Fsp3) is 0.350. The van der Waals surface area contributed by atoms with Gasteiger partial charge >= 0.3 is 5.97 Å². The molecule has 25 heavy (non-hydrogen) atoms. The van der Waals surface area contributed by atoms with Gasteiger partial charge in [-0.15, -0.1) is 6.58 Å². The van der Waals surface area contributed by atoms with Gasteiger partial charge in [-0.3, -0.25) is 9.78 Å². The van der Waals surface area contributed by atoms with Crippen LogP contribution in [0.15, 0.2) is 36.9 Å². The van der Waals surface area contributed by atoms with E-state index in [0.717, 1.165) is 41.4 Å². The van der Waals surface area contributed by atoms with Crippen molar-refractivity contribution in [2.45, 2.75) is 26.2 Å². The van der Waals surface area contributed by atoms with Gasteiger partial charge in [-0.05, 0) is 36.8 Å². The lowest BCUT2D eigenvalue weighted by Crippen LogP contribution is -2.29. The van der Waals surface area contributed by atoms with Gasteiger partial charge < -0.3 is 10.1 Å². The van der Waals surface area contributed by atoms with E-state index in [1.165, 1.54) is 0 Å². The van der Waals surface area contributed by atoms with Gasteiger partial charge in [0.05, 0.1) is 11.1 Å². The Morgan fingerprint density at radius 3 is 3.00 bits per heavy atom. The molecule has 1 N–H and O–H groups in total. The maximum Gasteiger partial charge on any atom is 0.339 e. The molecule has 0 radical (unpaired) electrons. The van der Waals surface area contributed by atoms with E-state index in [0.29, 0.717) is 18.0 Å². The van der Waals surface area contributed by atoms with Gasteiger partial charge in [0.2, 0.25) is 0 Å². The van der Waals surface area contributed by atoms with Crippen LogP contribution in [0, 0.1) is 5.92 Å². The molecule has 1 aliphatic carbocycles. The Morgan fingerprint density at radius 2 is 2.20 bits per heavy atom. The minimum absolute atomic E-state index is 0.298. The lowest BCUT2D eigenvalue weighted by Gasteiger charge is -2.24. The lowest BCUT2D eigenvalue weighted by atomic mass is 9.84. The van der Waals surface area contributed by atoms with Crippen molar-refractivity contribution in [3.05, 3.63) is 53.7 Å². The van der Waals surface area contributed by atoms with E-state index in [4.69, 9.17) is 9.72 Å². The standard InChI is InChI=1S/C20H22N2O3/c1-3-10-21-18(23)12-25-20(24)19-14-6-4-5-7-16(14)22-17-9-8-13(2)11-15(17)19/h3-7,13H,1,8-12H2,2H3,(H,21,23)/t13-/m1/s1. The van der Waals surface area contributed by atoms with Crippen LogP contribution >= 0.6 is 0 Å². The third kappa shape index (κ3) is 3.71. The Bertz CT molecular complexity index is 829. The smallest absolute Gasteiger partial charge is 0.339 e. The number of rotatable bonds is 5. The third-order valence-electron chi connectivity index (χ3n) is 4.49. The molecule has 0 fully saturated rings. The van der Waals surface area contributed by atoms with Crippen LogP contribution in [0.3, 0.4) is 0 Å². The number of nitrogens with one attached hydrogen (secondary N) is 1. The van der Waals surface area contributed by atoms with Crippen LogP contribution in [0.1, 0.15) is 35.0 Å². The van der Waals surface area contributed by atoms with Gasteiger partial charge in [-0.1, -0.05) is 31.2 Å². The molecule has 1 heterocycles. The second kappa shape index (κ2) is 7.47. The Morgan fingerprint density at radius 1 is 1.40 bits per heavy atom. The van der Waals surface area contributed by atoms with Crippen molar-refractivity contribution >= 4 is 22.8 Å². The maximum atomic E-state index is 12.8. The molecule has 130 valence electrons. The van der Waals surface area contributed by atoms with Crippen LogP contribution in [-0.2, 0) is 22.4 Å². The fourth-order valence-electron chi connectivity index (χ4n) is 3.24. The van der Waals surface area contributed by atoms with Crippen molar-refractivity contribution in [1.82, 2.24) is 10.3 Å². The quantitative estimate of drug-likeness (QED) is 0.672. The summed E-state index contributed by atoms with van der Waals surface area (Å²) in [6.07, 6.45) is 4.31. The van der Waals surface area contributed by atoms with Crippen molar-refractivity contribution in [1.29, 1.82) is 0 Å². The van der Waals surface area contributed by atoms with Gasteiger partial charge in [-0.2, -0.15) is 0 Å². The first-order valence-corrected chi connectivity index (χ1v) is 8.55. The number of benzene rings is 1. The Kier molecular flexibility index (Phi) is 5.12. The molecule has 1 aromatic heterocycles. The molecule has 0 spiro atoms. The summed E-state index contributed by atoms with van der Waals surface area (Å²) in [6, 6.07) is 7.58. The van der Waals surface area contributed by atoms with Gasteiger partial charge in [0, 0.05) is 17.6 Å². The summed E-state index contributed by atoms with van der Waals surface area (Å²) in [5.41, 5.74) is 3.29. The number of amides is 1. The zero-order chi connectivity index (χ0) is 17.8. The van der Waals surface area contributed by atoms with Crippen LogP contribution in [0.2, 0.25) is 0 Å². The van der Waals surface area contributed by atoms with E-state index < -0.39 is 5.97 Å². The van der Waals surface area contributed by atoms with Gasteiger partial charge in [0.25, 0.3) is 5.91 Å². The zero-order valence-electron chi connectivity index (χ0n) is 14.4. The normalized spacial score (nSPS) is 16.1. The predicted octanol–water partition coefficient (Wildman–Crippen LogP) is 2.82. The molecule has 5 nitrogen and oxygen atoms in total. The number of hydrogen-bond donors (Lipinski definition) is 1. The van der Waals surface area contributed by atoms with Crippen LogP contribution < -0.4 is 5.32 Å². The number of para-hydroxylation sites is 1. The Balaban J connectivity index is 1.93. The summed E-state index contributed by atoms with van der Waals surface area (Å²) in [5.74, 6) is -0.301. The van der Waals surface area contributed by atoms with E-state index >= 15 is 0 Å². The second-order valence-corrected chi connectivity index (χ2v) is 6.45. The zero-order valence-corrected chi connectivity index (χ0v) is 14.4. The van der Waals surface area contributed by atoms with E-state index in [2.05, 4.69) is 18.8 Å². The van der Waals surface area contributed by atoms with Crippen LogP contribution in [0.4, 0.5) is 0 Å². The highest BCUT2D eigenvalue weighted by Gasteiger charge is 2.26. The minimum Gasteiger partial charge on any atom is -0.452 e. The lowest BCUT2D eigenvalue weighted by molar-refractivity contribution is -0.124. The number of pyridine rings is 1. The highest BCUT2D eigenvalue weighted by Crippen LogP contribution is 2.31. The highest BCUT2D eigenvalue weighted by molar-refractivity contribution is 6.05. The topological polar surface area (TPSA) is 68.3 Å². The Hall–Kier alpha value is -2.69. The number of carbonyl (C=O) groups is 2. The van der Waals surface area contributed by atoms with E-state index in [9.17, 15) is 9.59 Å². The average molecular weight is 338 g/mol. The second-order valence-electron chi connectivity index (χ2n) is 6.45. The number of nitrogens with zero attached hydrogens (tertiary/aromatic N) is 1. The first kappa shape index (κ1) is 17.1. The summed E-state index contributed by atoms with van der Waals surface area (Å²) in [5, 5.41) is 3.38. The largest absolute Gasteiger partial charge is 0.452 e. The van der Waals surface area contributed by atoms with E-state index in [-0.39, 0.29) is 12.5 Å². The molecule has 0 bridgehead atoms. The van der Waals surface area contributed by atoms with E-state index in [1.54, 1.807) is 6.08 Å². The third-order valence-corrected chi connectivity index (χ3v) is 4.49. The number of hydrogen-bond acceptors (Lipinski definition) is 4. The van der Waals surface area contributed by atoms with Crippen molar-refractivity contribution < 1.29 is 14.3 Å². The molecule has 5 heteroatoms. The minimum atomic E-state index is -0.460. The SMILES string of the molecule is C=CCNC(=O)COC(=O)c1c2c(nc3ccccc13)CC[C@@H](C)C2. The molecule has 0 unspecified atom stereocenters. The first-order valence-electron chi connectivity index (χ1n) is 8.55. The van der Waals surface area contributed by atoms with Crippen molar-refractivity contribution in [3.8, 4) is 0 Å². The summed E-state index contributed by atoms with van der Waals surface area (Å²) >= 11 is 0. The number of fused-ring (bicyclic) bond motifs is 2. The summed E-state index contributed by atoms with van der Waals surface area (Å²) in [6.45, 7) is 5.76. The molecular formula is C20H22N2O3. The van der Waals surface area contributed by atoms with Gasteiger partial charge in [0.1, 0.15) is 0 Å². The van der Waals surface area contributed by atoms with Crippen LogP contribution in [0.25, 0.3) is 10.9 Å². The van der Waals surface area contributed by atoms with Crippen LogP contribution in [0.5, 0.6) is 0 Å².